The van der Waals surface area contributed by atoms with Crippen molar-refractivity contribution in [2.24, 2.45) is 5.10 Å². The first kappa shape index (κ1) is 28.6. The number of hydrazone groups is 1. The Balaban J connectivity index is 1.71. The van der Waals surface area contributed by atoms with Crippen molar-refractivity contribution >= 4 is 44.9 Å². The lowest BCUT2D eigenvalue weighted by Gasteiger charge is -2.29. The molecule has 2 saturated heterocycles. The van der Waals surface area contributed by atoms with Crippen molar-refractivity contribution in [1.82, 2.24) is 14.5 Å². The number of amides is 1. The second-order valence-corrected chi connectivity index (χ2v) is 10.8. The zero-order valence-electron chi connectivity index (χ0n) is 22.6. The second kappa shape index (κ2) is 12.3. The lowest BCUT2D eigenvalue weighted by atomic mass is 10.1. The predicted molar refractivity (Wildman–Crippen MR) is 153 cm³/mol. The number of benzene rings is 1. The summed E-state index contributed by atoms with van der Waals surface area (Å²) in [4.78, 5) is 40.9. The first-order valence-electron chi connectivity index (χ1n) is 13.2. The molecule has 1 aromatic carbocycles. The fraction of sp³-hybridized carbons (Fsp3) is 0.444. The Hall–Kier alpha value is -3.88. The predicted octanol–water partition coefficient (Wildman–Crippen LogP) is 2.73. The zero-order chi connectivity index (χ0) is 29.1. The highest BCUT2D eigenvalue weighted by Crippen LogP contribution is 2.36. The number of nitrogens with zero attached hydrogens (tertiary/aromatic N) is 3. The fourth-order valence-corrected chi connectivity index (χ4v) is 6.40. The Morgan fingerprint density at radius 3 is 2.76 bits per heavy atom. The number of aromatic nitrogens is 2. The highest BCUT2D eigenvalue weighted by atomic mass is 32.1. The summed E-state index contributed by atoms with van der Waals surface area (Å²) in [5.74, 6) is -0.505. The van der Waals surface area contributed by atoms with Crippen LogP contribution < -0.4 is 26.7 Å². The molecule has 4 heterocycles. The van der Waals surface area contributed by atoms with Crippen molar-refractivity contribution in [3.8, 4) is 5.75 Å². The fourth-order valence-electron chi connectivity index (χ4n) is 5.25. The third-order valence-corrected chi connectivity index (χ3v) is 8.52. The minimum absolute atomic E-state index is 0.0791. The monoisotopic (exact) mass is 586 g/mol. The molecule has 0 unspecified atom stereocenters. The van der Waals surface area contributed by atoms with E-state index in [0.29, 0.717) is 59.3 Å². The molecule has 3 N–H and O–H groups in total. The molecule has 0 bridgehead atoms. The number of fused-ring (bicyclic) bond motifs is 1. The van der Waals surface area contributed by atoms with Crippen LogP contribution in [0.3, 0.4) is 0 Å². The van der Waals surface area contributed by atoms with Gasteiger partial charge in [0.15, 0.2) is 0 Å². The number of rotatable bonds is 10. The second-order valence-electron chi connectivity index (χ2n) is 9.78. The van der Waals surface area contributed by atoms with Crippen molar-refractivity contribution in [2.75, 3.05) is 32.3 Å². The van der Waals surface area contributed by atoms with Crippen LogP contribution in [0.25, 0.3) is 10.2 Å². The minimum Gasteiger partial charge on any atom is -0.496 e. The van der Waals surface area contributed by atoms with Gasteiger partial charge in [-0.25, -0.2) is 13.8 Å². The first-order chi connectivity index (χ1) is 19.8. The molecule has 0 spiro atoms. The molecule has 14 heteroatoms. The number of methoxy groups -OCH3 is 1. The van der Waals surface area contributed by atoms with Gasteiger partial charge in [0.05, 0.1) is 31.4 Å². The van der Waals surface area contributed by atoms with Gasteiger partial charge in [-0.15, -0.1) is 0 Å². The van der Waals surface area contributed by atoms with Crippen LogP contribution in [-0.2, 0) is 20.8 Å². The summed E-state index contributed by atoms with van der Waals surface area (Å²) in [7, 11) is 1.47. The number of hydrogen-bond acceptors (Lipinski definition) is 10. The normalized spacial score (nSPS) is 18.6. The van der Waals surface area contributed by atoms with E-state index < -0.39 is 35.1 Å². The van der Waals surface area contributed by atoms with Gasteiger partial charge in [0, 0.05) is 37.1 Å². The quantitative estimate of drug-likeness (QED) is 0.244. The molecule has 12 nitrogen and oxygen atoms in total. The van der Waals surface area contributed by atoms with Crippen molar-refractivity contribution < 1.29 is 23.4 Å². The van der Waals surface area contributed by atoms with Crippen molar-refractivity contribution in [1.29, 1.82) is 5.41 Å². The number of nitrogens with one attached hydrogen (secondary N) is 3. The Morgan fingerprint density at radius 1 is 1.29 bits per heavy atom. The van der Waals surface area contributed by atoms with Gasteiger partial charge in [0.1, 0.15) is 33.5 Å². The summed E-state index contributed by atoms with van der Waals surface area (Å²) < 4.78 is 34.5. The van der Waals surface area contributed by atoms with Crippen LogP contribution in [0.4, 0.5) is 9.39 Å². The highest BCUT2D eigenvalue weighted by molar-refractivity contribution is 7.22. The average Bonchev–Trinajstić information content (AvgIpc) is 3.53. The van der Waals surface area contributed by atoms with E-state index in [1.807, 2.05) is 0 Å². The van der Waals surface area contributed by atoms with Crippen LogP contribution >= 0.6 is 11.3 Å². The van der Waals surface area contributed by atoms with Crippen molar-refractivity contribution in [2.45, 2.75) is 51.0 Å². The molecule has 0 radical (unpaired) electrons. The van der Waals surface area contributed by atoms with Crippen LogP contribution in [0, 0.1) is 18.2 Å². The molecule has 3 aromatic rings. The molecular weight excluding hydrogens is 555 g/mol. The standard InChI is InChI=1S/C27H31FN6O6S/c1-15-22-25(36)34(19-5-9-30-23(19)35)27(37)33(26(22)41-24(15)32-31-10-8-29)14-21(40-17-6-11-39-12-7-17)18-13-16(28)3-4-20(18)38-2/h3-4,8,10,13,17,19,21,29,32H,5-7,9,11-12,14H2,1-2H3,(H,30,35)/b29-8?,31-10-/t19-,21+/m1/s1. The molecule has 0 aliphatic carbocycles. The molecule has 218 valence electrons. The highest BCUT2D eigenvalue weighted by Gasteiger charge is 2.33. The molecule has 2 aliphatic rings. The molecule has 2 aliphatic heterocycles. The van der Waals surface area contributed by atoms with E-state index >= 15 is 0 Å². The number of carbonyl (C=O) groups is 1. The molecule has 2 aromatic heterocycles. The number of hydrogen-bond donors (Lipinski definition) is 3. The van der Waals surface area contributed by atoms with E-state index in [9.17, 15) is 18.8 Å². The van der Waals surface area contributed by atoms with Crippen molar-refractivity contribution in [3.05, 3.63) is 56.0 Å². The smallest absolute Gasteiger partial charge is 0.332 e. The Morgan fingerprint density at radius 2 is 2.07 bits per heavy atom. The maximum absolute atomic E-state index is 14.5. The summed E-state index contributed by atoms with van der Waals surface area (Å²) >= 11 is 1.15. The Bertz CT molecular complexity index is 1610. The van der Waals surface area contributed by atoms with Crippen molar-refractivity contribution in [3.63, 3.8) is 0 Å². The van der Waals surface area contributed by atoms with E-state index in [1.165, 1.54) is 36.1 Å². The maximum Gasteiger partial charge on any atom is 0.332 e. The van der Waals surface area contributed by atoms with E-state index in [4.69, 9.17) is 19.6 Å². The Kier molecular flexibility index (Phi) is 8.61. The van der Waals surface area contributed by atoms with Gasteiger partial charge >= 0.3 is 5.69 Å². The number of carbonyl (C=O) groups excluding carboxylic acids is 1. The number of halogens is 1. The van der Waals surface area contributed by atoms with Gasteiger partial charge < -0.3 is 24.9 Å². The van der Waals surface area contributed by atoms with Gasteiger partial charge in [-0.2, -0.15) is 5.10 Å². The third kappa shape index (κ3) is 5.67. The molecule has 2 fully saturated rings. The van der Waals surface area contributed by atoms with Crippen LogP contribution in [0.2, 0.25) is 0 Å². The molecule has 0 saturated carbocycles. The lowest BCUT2D eigenvalue weighted by Crippen LogP contribution is -2.44. The van der Waals surface area contributed by atoms with Crippen LogP contribution in [-0.4, -0.2) is 60.4 Å². The summed E-state index contributed by atoms with van der Waals surface area (Å²) in [5, 5.41) is 14.6. The van der Waals surface area contributed by atoms with E-state index in [1.54, 1.807) is 6.92 Å². The lowest BCUT2D eigenvalue weighted by molar-refractivity contribution is -0.122. The summed E-state index contributed by atoms with van der Waals surface area (Å²) in [6.45, 7) is 3.02. The molecule has 2 atom stereocenters. The first-order valence-corrected chi connectivity index (χ1v) is 14.1. The molecule has 41 heavy (non-hydrogen) atoms. The number of aryl methyl sites for hydroxylation is 1. The van der Waals surface area contributed by atoms with Gasteiger partial charge in [-0.05, 0) is 44.4 Å². The van der Waals surface area contributed by atoms with Crippen LogP contribution in [0.15, 0.2) is 32.9 Å². The molecule has 1 amide bonds. The van der Waals surface area contributed by atoms with Gasteiger partial charge in [0.25, 0.3) is 5.56 Å². The maximum atomic E-state index is 14.5. The number of thiophene rings is 1. The summed E-state index contributed by atoms with van der Waals surface area (Å²) in [6.07, 6.45) is 2.74. The largest absolute Gasteiger partial charge is 0.496 e. The SMILES string of the molecule is COc1ccc(F)cc1[C@H](Cn1c(=O)n([C@@H]2CCNC2=O)c(=O)c2c(C)c(N/N=C\C=N)sc21)OC1CCOCC1. The average molecular weight is 587 g/mol. The Labute approximate surface area is 238 Å². The number of ether oxygens (including phenoxy) is 3. The van der Waals surface area contributed by atoms with Gasteiger partial charge in [-0.3, -0.25) is 19.6 Å². The topological polar surface area (TPSA) is 149 Å². The van der Waals surface area contributed by atoms with Crippen LogP contribution in [0.1, 0.15) is 42.5 Å². The number of anilines is 1. The molecular formula is C27H31FN6O6S. The summed E-state index contributed by atoms with van der Waals surface area (Å²) in [5.41, 5.74) is 2.54. The van der Waals surface area contributed by atoms with E-state index in [-0.39, 0.29) is 24.5 Å². The van der Waals surface area contributed by atoms with Gasteiger partial charge in [-0.1, -0.05) is 11.3 Å². The summed E-state index contributed by atoms with van der Waals surface area (Å²) in [6, 6.07) is 3.15. The van der Waals surface area contributed by atoms with Gasteiger partial charge in [0.2, 0.25) is 5.91 Å². The zero-order valence-corrected chi connectivity index (χ0v) is 23.5. The van der Waals surface area contributed by atoms with E-state index in [0.717, 1.165) is 22.1 Å². The minimum atomic E-state index is -0.962. The third-order valence-electron chi connectivity index (χ3n) is 7.30. The van der Waals surface area contributed by atoms with Crippen LogP contribution in [0.5, 0.6) is 5.75 Å². The molecule has 5 rings (SSSR count). The van der Waals surface area contributed by atoms with E-state index in [2.05, 4.69) is 15.8 Å².